The van der Waals surface area contributed by atoms with Gasteiger partial charge in [0, 0.05) is 25.5 Å². The van der Waals surface area contributed by atoms with Gasteiger partial charge in [-0.05, 0) is 77.5 Å². The average molecular weight is 501 g/mol. The second kappa shape index (κ2) is 13.8. The number of ketones is 1. The third-order valence-corrected chi connectivity index (χ3v) is 5.65. The van der Waals surface area contributed by atoms with Gasteiger partial charge in [-0.2, -0.15) is 0 Å². The van der Waals surface area contributed by atoms with Crippen LogP contribution >= 0.6 is 0 Å². The van der Waals surface area contributed by atoms with E-state index in [9.17, 15) is 19.2 Å². The third kappa shape index (κ3) is 11.0. The molecule has 0 spiro atoms. The number of carbonyl (C=O) groups is 4. The molecule has 0 saturated heterocycles. The molecule has 0 aromatic carbocycles. The Morgan fingerprint density at radius 3 is 2.22 bits per heavy atom. The summed E-state index contributed by atoms with van der Waals surface area (Å²) in [5, 5.41) is 0. The molecule has 198 valence electrons. The van der Waals surface area contributed by atoms with Crippen LogP contribution in [-0.4, -0.2) is 42.0 Å². The van der Waals surface area contributed by atoms with E-state index in [1.165, 1.54) is 37.6 Å². The van der Waals surface area contributed by atoms with E-state index in [0.29, 0.717) is 12.0 Å². The van der Waals surface area contributed by atoms with Crippen molar-refractivity contribution in [3.05, 3.63) is 59.3 Å². The first-order valence-electron chi connectivity index (χ1n) is 12.1. The van der Waals surface area contributed by atoms with Crippen LogP contribution in [0.2, 0.25) is 0 Å². The Kier molecular flexibility index (Phi) is 11.8. The van der Waals surface area contributed by atoms with Crippen molar-refractivity contribution in [1.29, 1.82) is 0 Å². The molecule has 7 nitrogen and oxygen atoms in total. The summed E-state index contributed by atoms with van der Waals surface area (Å²) < 4.78 is 16.4. The average Bonchev–Trinajstić information content (AvgIpc) is 2.74. The maximum absolute atomic E-state index is 13.1. The molecule has 3 atom stereocenters. The topological polar surface area (TPSA) is 96.0 Å². The number of ether oxygens (including phenoxy) is 3. The molecule has 0 N–H and O–H groups in total. The summed E-state index contributed by atoms with van der Waals surface area (Å²) in [6.07, 6.45) is 12.6. The zero-order valence-electron chi connectivity index (χ0n) is 22.8. The molecule has 0 fully saturated rings. The van der Waals surface area contributed by atoms with Gasteiger partial charge in [0.1, 0.15) is 6.61 Å². The van der Waals surface area contributed by atoms with Crippen LogP contribution in [0.1, 0.15) is 74.7 Å². The van der Waals surface area contributed by atoms with Crippen molar-refractivity contribution in [3.63, 3.8) is 0 Å². The number of hydrogen-bond donors (Lipinski definition) is 0. The van der Waals surface area contributed by atoms with E-state index < -0.39 is 40.8 Å². The van der Waals surface area contributed by atoms with Gasteiger partial charge in [0.2, 0.25) is 0 Å². The van der Waals surface area contributed by atoms with Gasteiger partial charge in [0.15, 0.2) is 17.5 Å². The molecule has 0 radical (unpaired) electrons. The van der Waals surface area contributed by atoms with Crippen molar-refractivity contribution in [2.75, 3.05) is 6.61 Å². The Balaban J connectivity index is 3.64. The van der Waals surface area contributed by atoms with Gasteiger partial charge in [-0.3, -0.25) is 14.4 Å². The highest BCUT2D eigenvalue weighted by atomic mass is 16.6. The van der Waals surface area contributed by atoms with E-state index in [2.05, 4.69) is 6.08 Å². The minimum atomic E-state index is -1.46. The molecule has 1 rings (SSSR count). The molecule has 0 amide bonds. The van der Waals surface area contributed by atoms with E-state index in [-0.39, 0.29) is 6.61 Å². The molecule has 0 unspecified atom stereocenters. The highest BCUT2D eigenvalue weighted by Gasteiger charge is 2.38. The molecular formula is C29H40O7. The summed E-state index contributed by atoms with van der Waals surface area (Å²) in [5.74, 6) is -2.07. The lowest BCUT2D eigenvalue weighted by atomic mass is 9.80. The van der Waals surface area contributed by atoms with Gasteiger partial charge in [-0.25, -0.2) is 4.79 Å². The van der Waals surface area contributed by atoms with Gasteiger partial charge in [0.05, 0.1) is 0 Å². The van der Waals surface area contributed by atoms with Crippen molar-refractivity contribution in [2.24, 2.45) is 5.41 Å². The highest BCUT2D eigenvalue weighted by molar-refractivity contribution is 6.04. The Morgan fingerprint density at radius 1 is 1.00 bits per heavy atom. The van der Waals surface area contributed by atoms with Gasteiger partial charge >= 0.3 is 17.9 Å². The molecule has 0 heterocycles. The summed E-state index contributed by atoms with van der Waals surface area (Å²) >= 11 is 0. The van der Waals surface area contributed by atoms with Crippen LogP contribution < -0.4 is 0 Å². The Bertz CT molecular complexity index is 987. The van der Waals surface area contributed by atoms with E-state index in [1.54, 1.807) is 32.9 Å². The van der Waals surface area contributed by atoms with E-state index in [1.807, 2.05) is 26.8 Å². The van der Waals surface area contributed by atoms with E-state index in [4.69, 9.17) is 14.2 Å². The van der Waals surface area contributed by atoms with Crippen molar-refractivity contribution in [1.82, 2.24) is 0 Å². The molecule has 0 bridgehead atoms. The van der Waals surface area contributed by atoms with Gasteiger partial charge in [-0.1, -0.05) is 36.3 Å². The summed E-state index contributed by atoms with van der Waals surface area (Å²) in [6, 6.07) is 0. The maximum atomic E-state index is 13.1. The van der Waals surface area contributed by atoms with Crippen LogP contribution in [0.5, 0.6) is 0 Å². The molecule has 0 aromatic heterocycles. The van der Waals surface area contributed by atoms with Crippen molar-refractivity contribution >= 4 is 23.7 Å². The molecule has 0 aromatic rings. The van der Waals surface area contributed by atoms with Crippen LogP contribution in [0.3, 0.4) is 0 Å². The Labute approximate surface area is 214 Å². The fraction of sp³-hybridized carbons (Fsp3) is 0.517. The highest BCUT2D eigenvalue weighted by Crippen LogP contribution is 2.34. The first-order chi connectivity index (χ1) is 16.7. The fourth-order valence-corrected chi connectivity index (χ4v) is 3.62. The van der Waals surface area contributed by atoms with Crippen molar-refractivity contribution < 1.29 is 33.4 Å². The first kappa shape index (κ1) is 30.8. The minimum absolute atomic E-state index is 0.171. The van der Waals surface area contributed by atoms with E-state index in [0.717, 1.165) is 18.4 Å². The number of rotatable bonds is 8. The lowest BCUT2D eigenvalue weighted by Gasteiger charge is -2.33. The molecule has 36 heavy (non-hydrogen) atoms. The van der Waals surface area contributed by atoms with Gasteiger partial charge in [-0.15, -0.1) is 0 Å². The molecule has 1 aliphatic rings. The number of esters is 3. The number of allylic oxidation sites excluding steroid dienone is 6. The molecule has 0 aliphatic heterocycles. The second-order valence-electron chi connectivity index (χ2n) is 10.1. The predicted molar refractivity (Wildman–Crippen MR) is 139 cm³/mol. The summed E-state index contributed by atoms with van der Waals surface area (Å²) in [7, 11) is 0. The van der Waals surface area contributed by atoms with Gasteiger partial charge < -0.3 is 14.2 Å². The molecular weight excluding hydrogens is 460 g/mol. The summed E-state index contributed by atoms with van der Waals surface area (Å²) in [6.45, 7) is 13.6. The zero-order valence-corrected chi connectivity index (χ0v) is 22.8. The number of hydrogen-bond acceptors (Lipinski definition) is 7. The minimum Gasteiger partial charge on any atom is -0.461 e. The first-order valence-corrected chi connectivity index (χ1v) is 12.1. The van der Waals surface area contributed by atoms with Crippen LogP contribution in [0, 0.1) is 5.41 Å². The third-order valence-electron chi connectivity index (χ3n) is 5.65. The zero-order chi connectivity index (χ0) is 27.5. The SMILES string of the molecule is CC(=O)OC/C1=C/C[C@](C)(CCC=C(C)C)C=C[C@@H](OC(=O)C=C(C)C)[C@](C)(OC(C)=O)/C=C/C1=O. The van der Waals surface area contributed by atoms with Crippen LogP contribution in [-0.2, 0) is 33.4 Å². The quantitative estimate of drug-likeness (QED) is 0.188. The largest absolute Gasteiger partial charge is 0.461 e. The normalized spacial score (nSPS) is 26.4. The molecule has 7 heteroatoms. The second-order valence-corrected chi connectivity index (χ2v) is 10.1. The Morgan fingerprint density at radius 2 is 1.67 bits per heavy atom. The van der Waals surface area contributed by atoms with Crippen molar-refractivity contribution in [3.8, 4) is 0 Å². The van der Waals surface area contributed by atoms with Crippen LogP contribution in [0.25, 0.3) is 0 Å². The fourth-order valence-electron chi connectivity index (χ4n) is 3.62. The molecule has 1 aliphatic carbocycles. The van der Waals surface area contributed by atoms with E-state index >= 15 is 0 Å². The Hall–Kier alpha value is -3.22. The standard InChI is InChI=1S/C29H40O7/c1-20(2)10-9-14-28(7)15-11-24(19-34-22(5)30)25(32)12-17-29(8,36-23(6)31)26(13-16-28)35-27(33)18-21(3)4/h10-13,16-18,26H,9,14-15,19H2,1-8H3/b16-13?,17-12+,24-11-/t26-,28+,29-/m1/s1. The summed E-state index contributed by atoms with van der Waals surface area (Å²) in [4.78, 5) is 49.0. The van der Waals surface area contributed by atoms with Crippen LogP contribution in [0.4, 0.5) is 0 Å². The van der Waals surface area contributed by atoms with Crippen LogP contribution in [0.15, 0.2) is 59.3 Å². The number of carbonyl (C=O) groups excluding carboxylic acids is 4. The summed E-state index contributed by atoms with van der Waals surface area (Å²) in [5.41, 5.74) is 0.373. The monoisotopic (exact) mass is 500 g/mol. The lowest BCUT2D eigenvalue weighted by Crippen LogP contribution is -2.43. The molecule has 0 saturated carbocycles. The van der Waals surface area contributed by atoms with Gasteiger partial charge in [0.25, 0.3) is 0 Å². The maximum Gasteiger partial charge on any atom is 0.331 e. The van der Waals surface area contributed by atoms with Crippen molar-refractivity contribution in [2.45, 2.75) is 86.4 Å². The predicted octanol–water partition coefficient (Wildman–Crippen LogP) is 5.51. The smallest absolute Gasteiger partial charge is 0.331 e. The lowest BCUT2D eigenvalue weighted by molar-refractivity contribution is -0.167.